The van der Waals surface area contributed by atoms with Crippen molar-refractivity contribution >= 4 is 22.6 Å². The van der Waals surface area contributed by atoms with Crippen molar-refractivity contribution in [3.05, 3.63) is 35.4 Å². The molecule has 1 aliphatic rings. The average Bonchev–Trinajstić information content (AvgIpc) is 2.55. The molecule has 0 spiro atoms. The summed E-state index contributed by atoms with van der Waals surface area (Å²) in [4.78, 5) is 23.4. The van der Waals surface area contributed by atoms with Crippen LogP contribution in [0.15, 0.2) is 24.3 Å². The van der Waals surface area contributed by atoms with Crippen molar-refractivity contribution in [2.75, 3.05) is 0 Å². The molecule has 1 fully saturated rings. The summed E-state index contributed by atoms with van der Waals surface area (Å²) in [6.45, 7) is 1.69. The fraction of sp³-hybridized carbons (Fsp3) is 0.529. The third kappa shape index (κ3) is 5.16. The molecule has 0 aliphatic heterocycles. The van der Waals surface area contributed by atoms with Gasteiger partial charge in [0, 0.05) is 28.2 Å². The van der Waals surface area contributed by atoms with E-state index >= 15 is 0 Å². The van der Waals surface area contributed by atoms with Crippen LogP contribution in [-0.4, -0.2) is 27.3 Å². The van der Waals surface area contributed by atoms with E-state index in [0.717, 1.165) is 31.2 Å². The largest absolute Gasteiger partial charge is 0.366 e. The Balaban J connectivity index is 1.92. The van der Waals surface area contributed by atoms with E-state index in [1.807, 2.05) is 0 Å². The molecule has 0 saturated heterocycles. The highest BCUT2D eigenvalue weighted by molar-refractivity contribution is 7.85. The Morgan fingerprint density at radius 2 is 2.00 bits per heavy atom. The first-order valence-electron chi connectivity index (χ1n) is 8.03. The summed E-state index contributed by atoms with van der Waals surface area (Å²) in [5.41, 5.74) is 6.38. The lowest BCUT2D eigenvalue weighted by Crippen LogP contribution is -2.42. The zero-order valence-corrected chi connectivity index (χ0v) is 14.2. The number of primary amides is 1. The van der Waals surface area contributed by atoms with Crippen molar-refractivity contribution in [3.63, 3.8) is 0 Å². The zero-order chi connectivity index (χ0) is 16.8. The lowest BCUT2D eigenvalue weighted by molar-refractivity contribution is -0.121. The first-order valence-corrected chi connectivity index (χ1v) is 9.42. The highest BCUT2D eigenvalue weighted by Crippen LogP contribution is 2.18. The van der Waals surface area contributed by atoms with Gasteiger partial charge >= 0.3 is 0 Å². The molecule has 2 atom stereocenters. The Kier molecular flexibility index (Phi) is 6.33. The third-order valence-electron chi connectivity index (χ3n) is 4.24. The maximum Gasteiger partial charge on any atom is 0.248 e. The van der Waals surface area contributed by atoms with E-state index < -0.39 is 22.0 Å². The van der Waals surface area contributed by atoms with Gasteiger partial charge in [0.2, 0.25) is 11.8 Å². The molecule has 0 radical (unpaired) electrons. The van der Waals surface area contributed by atoms with Gasteiger partial charge in [-0.05, 0) is 37.5 Å². The van der Waals surface area contributed by atoms with E-state index in [0.29, 0.717) is 5.56 Å². The molecule has 1 aromatic carbocycles. The van der Waals surface area contributed by atoms with E-state index in [4.69, 9.17) is 5.73 Å². The maximum absolute atomic E-state index is 12.4. The van der Waals surface area contributed by atoms with E-state index in [1.54, 1.807) is 31.2 Å². The Morgan fingerprint density at radius 1 is 1.30 bits per heavy atom. The molecule has 3 N–H and O–H groups in total. The van der Waals surface area contributed by atoms with Crippen molar-refractivity contribution in [1.29, 1.82) is 0 Å². The number of carbonyl (C=O) groups excluding carboxylic acids is 2. The Labute approximate surface area is 139 Å². The number of rotatable bonds is 6. The van der Waals surface area contributed by atoms with Crippen LogP contribution in [0.3, 0.4) is 0 Å². The molecule has 23 heavy (non-hydrogen) atoms. The van der Waals surface area contributed by atoms with Gasteiger partial charge in [-0.25, -0.2) is 0 Å². The van der Waals surface area contributed by atoms with E-state index in [2.05, 4.69) is 5.32 Å². The van der Waals surface area contributed by atoms with Gasteiger partial charge in [-0.3, -0.25) is 13.8 Å². The number of benzene rings is 1. The number of hydrogen-bond donors (Lipinski definition) is 2. The van der Waals surface area contributed by atoms with E-state index in [1.165, 1.54) is 6.42 Å². The molecule has 5 nitrogen and oxygen atoms in total. The number of carbonyl (C=O) groups is 2. The van der Waals surface area contributed by atoms with Gasteiger partial charge in [0.15, 0.2) is 0 Å². The average molecular weight is 336 g/mol. The zero-order valence-electron chi connectivity index (χ0n) is 13.4. The molecule has 2 amide bonds. The van der Waals surface area contributed by atoms with Crippen LogP contribution in [0.25, 0.3) is 0 Å². The summed E-state index contributed by atoms with van der Waals surface area (Å²) < 4.78 is 12.4. The minimum Gasteiger partial charge on any atom is -0.366 e. The topological polar surface area (TPSA) is 89.3 Å². The number of amides is 2. The summed E-state index contributed by atoms with van der Waals surface area (Å²) in [7, 11) is -1.34. The normalized spacial score (nSPS) is 18.1. The standard InChI is InChI=1S/C17H24N2O3S/c1-12(17(21)19-15-8-3-2-4-9-15)23(22)11-13-6-5-7-14(10-13)16(18)20/h5-7,10,12,15H,2-4,8-9,11H2,1H3,(H2,18,20)(H,19,21)/t12-,23-/m0/s1. The van der Waals surface area contributed by atoms with Crippen LogP contribution in [0.4, 0.5) is 0 Å². The minimum atomic E-state index is -1.34. The number of nitrogens with two attached hydrogens (primary N) is 1. The van der Waals surface area contributed by atoms with Gasteiger partial charge in [0.25, 0.3) is 0 Å². The van der Waals surface area contributed by atoms with Crippen LogP contribution in [0.2, 0.25) is 0 Å². The fourth-order valence-corrected chi connectivity index (χ4v) is 3.85. The van der Waals surface area contributed by atoms with Crippen molar-refractivity contribution in [3.8, 4) is 0 Å². The van der Waals surface area contributed by atoms with Gasteiger partial charge in [-0.2, -0.15) is 0 Å². The van der Waals surface area contributed by atoms with Gasteiger partial charge in [-0.1, -0.05) is 31.4 Å². The Morgan fingerprint density at radius 3 is 2.65 bits per heavy atom. The highest BCUT2D eigenvalue weighted by Gasteiger charge is 2.23. The minimum absolute atomic E-state index is 0.152. The second-order valence-electron chi connectivity index (χ2n) is 6.08. The van der Waals surface area contributed by atoms with Crippen LogP contribution in [-0.2, 0) is 21.3 Å². The van der Waals surface area contributed by atoms with Crippen molar-refractivity contribution in [1.82, 2.24) is 5.32 Å². The fourth-order valence-electron chi connectivity index (χ4n) is 2.79. The second-order valence-corrected chi connectivity index (χ2v) is 7.83. The molecule has 0 unspecified atom stereocenters. The molecule has 1 saturated carbocycles. The monoisotopic (exact) mass is 336 g/mol. The first kappa shape index (κ1) is 17.7. The quantitative estimate of drug-likeness (QED) is 0.831. The molecule has 0 bridgehead atoms. The Bertz CT molecular complexity index is 597. The molecule has 0 heterocycles. The van der Waals surface area contributed by atoms with Gasteiger partial charge < -0.3 is 11.1 Å². The van der Waals surface area contributed by atoms with Crippen LogP contribution >= 0.6 is 0 Å². The van der Waals surface area contributed by atoms with Crippen molar-refractivity contribution in [2.45, 2.75) is 56.1 Å². The SMILES string of the molecule is C[C@@H](C(=O)NC1CCCCC1)[S@@](=O)Cc1cccc(C(N)=O)c1. The van der Waals surface area contributed by atoms with Gasteiger partial charge in [-0.15, -0.1) is 0 Å². The first-order chi connectivity index (χ1) is 11.0. The van der Waals surface area contributed by atoms with Crippen molar-refractivity contribution in [2.24, 2.45) is 5.73 Å². The predicted octanol–water partition coefficient (Wildman–Crippen LogP) is 1.87. The second kappa shape index (κ2) is 8.24. The molecule has 1 aromatic rings. The molecule has 2 rings (SSSR count). The third-order valence-corrected chi connectivity index (χ3v) is 5.86. The van der Waals surface area contributed by atoms with Crippen molar-refractivity contribution < 1.29 is 13.8 Å². The number of hydrogen-bond acceptors (Lipinski definition) is 3. The van der Waals surface area contributed by atoms with Gasteiger partial charge in [0.1, 0.15) is 5.25 Å². The lowest BCUT2D eigenvalue weighted by Gasteiger charge is -2.24. The summed E-state index contributed by atoms with van der Waals surface area (Å²) in [5.74, 6) is -0.428. The van der Waals surface area contributed by atoms with Crippen LogP contribution in [0, 0.1) is 0 Å². The van der Waals surface area contributed by atoms with Crippen LogP contribution in [0.1, 0.15) is 54.9 Å². The summed E-state index contributed by atoms with van der Waals surface area (Å²) in [5, 5.41) is 2.43. The molecule has 1 aliphatic carbocycles. The van der Waals surface area contributed by atoms with Crippen LogP contribution < -0.4 is 11.1 Å². The molecule has 6 heteroatoms. The molecular formula is C17H24N2O3S. The van der Waals surface area contributed by atoms with Crippen LogP contribution in [0.5, 0.6) is 0 Å². The van der Waals surface area contributed by atoms with E-state index in [-0.39, 0.29) is 17.7 Å². The summed E-state index contributed by atoms with van der Waals surface area (Å²) in [6.07, 6.45) is 5.52. The predicted molar refractivity (Wildman–Crippen MR) is 91.3 cm³/mol. The molecular weight excluding hydrogens is 312 g/mol. The number of nitrogens with one attached hydrogen (secondary N) is 1. The van der Waals surface area contributed by atoms with E-state index in [9.17, 15) is 13.8 Å². The summed E-state index contributed by atoms with van der Waals surface area (Å²) in [6, 6.07) is 6.96. The van der Waals surface area contributed by atoms with Gasteiger partial charge in [0.05, 0.1) is 0 Å². The highest BCUT2D eigenvalue weighted by atomic mass is 32.2. The maximum atomic E-state index is 12.4. The smallest absolute Gasteiger partial charge is 0.248 e. The Hall–Kier alpha value is -1.69. The molecule has 0 aromatic heterocycles. The summed E-state index contributed by atoms with van der Waals surface area (Å²) >= 11 is 0. The lowest BCUT2D eigenvalue weighted by atomic mass is 9.95. The molecule has 126 valence electrons.